The van der Waals surface area contributed by atoms with Gasteiger partial charge in [0, 0.05) is 5.92 Å². The van der Waals surface area contributed by atoms with Crippen LogP contribution < -0.4 is 0 Å². The molecule has 0 unspecified atom stereocenters. The van der Waals surface area contributed by atoms with Gasteiger partial charge in [-0.3, -0.25) is 0 Å². The first-order valence-electron chi connectivity index (χ1n) is 4.09. The molecule has 0 atom stereocenters. The maximum Gasteiger partial charge on any atom is 0.129 e. The molecule has 0 aromatic carbocycles. The predicted molar refractivity (Wildman–Crippen MR) is 41.2 cm³/mol. The lowest BCUT2D eigenvalue weighted by atomic mass is 9.84. The van der Waals surface area contributed by atoms with Crippen molar-refractivity contribution < 1.29 is 9.52 Å². The zero-order chi connectivity index (χ0) is 7.68. The molecule has 1 aromatic heterocycles. The Morgan fingerprint density at radius 3 is 2.73 bits per heavy atom. The molecule has 0 spiro atoms. The molecular formula is C9H12O2. The third kappa shape index (κ3) is 1.18. The van der Waals surface area contributed by atoms with Crippen molar-refractivity contribution in [2.75, 3.05) is 0 Å². The van der Waals surface area contributed by atoms with E-state index in [1.807, 2.05) is 12.1 Å². The fourth-order valence-electron chi connectivity index (χ4n) is 1.39. The Morgan fingerprint density at radius 1 is 1.45 bits per heavy atom. The van der Waals surface area contributed by atoms with Gasteiger partial charge in [-0.25, -0.2) is 0 Å². The summed E-state index contributed by atoms with van der Waals surface area (Å²) in [5.41, 5.74) is 0. The second-order valence-electron chi connectivity index (χ2n) is 3.09. The van der Waals surface area contributed by atoms with Crippen LogP contribution in [0.2, 0.25) is 0 Å². The summed E-state index contributed by atoms with van der Waals surface area (Å²) >= 11 is 0. The van der Waals surface area contributed by atoms with E-state index >= 15 is 0 Å². The highest BCUT2D eigenvalue weighted by atomic mass is 16.4. The molecule has 2 nitrogen and oxygen atoms in total. The summed E-state index contributed by atoms with van der Waals surface area (Å²) in [7, 11) is 0. The molecule has 0 bridgehead atoms. The van der Waals surface area contributed by atoms with Gasteiger partial charge in [0.1, 0.15) is 18.1 Å². The molecule has 1 aliphatic carbocycles. The molecule has 1 saturated carbocycles. The third-order valence-corrected chi connectivity index (χ3v) is 2.35. The van der Waals surface area contributed by atoms with E-state index in [1.54, 1.807) is 0 Å². The Bertz CT molecular complexity index is 235. The molecule has 0 saturated heterocycles. The van der Waals surface area contributed by atoms with Crippen LogP contribution in [0.25, 0.3) is 0 Å². The minimum absolute atomic E-state index is 0.0206. The molecular weight excluding hydrogens is 140 g/mol. The number of aliphatic hydroxyl groups excluding tert-OH is 1. The lowest BCUT2D eigenvalue weighted by molar-refractivity contribution is 0.235. The molecule has 0 amide bonds. The Morgan fingerprint density at radius 2 is 2.27 bits per heavy atom. The topological polar surface area (TPSA) is 33.4 Å². The van der Waals surface area contributed by atoms with E-state index < -0.39 is 0 Å². The number of aliphatic hydroxyl groups is 1. The Kier molecular flexibility index (Phi) is 1.70. The van der Waals surface area contributed by atoms with Gasteiger partial charge in [-0.1, -0.05) is 6.42 Å². The summed E-state index contributed by atoms with van der Waals surface area (Å²) in [6.07, 6.45) is 3.82. The molecule has 2 rings (SSSR count). The van der Waals surface area contributed by atoms with Crippen LogP contribution in [-0.4, -0.2) is 5.11 Å². The van der Waals surface area contributed by atoms with Crippen molar-refractivity contribution in [3.8, 4) is 0 Å². The quantitative estimate of drug-likeness (QED) is 0.703. The normalized spacial score (nSPS) is 18.3. The van der Waals surface area contributed by atoms with Gasteiger partial charge in [0.25, 0.3) is 0 Å². The van der Waals surface area contributed by atoms with Gasteiger partial charge < -0.3 is 9.52 Å². The minimum atomic E-state index is 0.0206. The van der Waals surface area contributed by atoms with Gasteiger partial charge in [0.05, 0.1) is 0 Å². The highest BCUT2D eigenvalue weighted by Crippen LogP contribution is 2.36. The second kappa shape index (κ2) is 2.70. The van der Waals surface area contributed by atoms with Crippen molar-refractivity contribution in [2.45, 2.75) is 31.8 Å². The standard InChI is InChI=1S/C9H12O2/c10-6-8-4-5-9(11-8)7-2-1-3-7/h4-5,7,10H,1-3,6H2. The van der Waals surface area contributed by atoms with E-state index in [4.69, 9.17) is 9.52 Å². The van der Waals surface area contributed by atoms with Gasteiger partial charge in [0.15, 0.2) is 0 Å². The van der Waals surface area contributed by atoms with Crippen LogP contribution in [0.3, 0.4) is 0 Å². The van der Waals surface area contributed by atoms with Gasteiger partial charge in [-0.15, -0.1) is 0 Å². The summed E-state index contributed by atoms with van der Waals surface area (Å²) in [4.78, 5) is 0. The SMILES string of the molecule is OCc1ccc(C2CCC2)o1. The fourth-order valence-corrected chi connectivity index (χ4v) is 1.39. The Balaban J connectivity index is 2.11. The van der Waals surface area contributed by atoms with Crippen LogP contribution >= 0.6 is 0 Å². The monoisotopic (exact) mass is 152 g/mol. The average Bonchev–Trinajstić information content (AvgIpc) is 2.32. The van der Waals surface area contributed by atoms with E-state index in [1.165, 1.54) is 19.3 Å². The summed E-state index contributed by atoms with van der Waals surface area (Å²) < 4.78 is 5.39. The van der Waals surface area contributed by atoms with Crippen molar-refractivity contribution >= 4 is 0 Å². The Hall–Kier alpha value is -0.760. The molecule has 1 heterocycles. The smallest absolute Gasteiger partial charge is 0.129 e. The molecule has 0 radical (unpaired) electrons. The lowest BCUT2D eigenvalue weighted by Gasteiger charge is -2.22. The van der Waals surface area contributed by atoms with Gasteiger partial charge in [0.2, 0.25) is 0 Å². The fraction of sp³-hybridized carbons (Fsp3) is 0.556. The molecule has 1 N–H and O–H groups in total. The van der Waals surface area contributed by atoms with Crippen molar-refractivity contribution in [1.29, 1.82) is 0 Å². The summed E-state index contributed by atoms with van der Waals surface area (Å²) in [5, 5.41) is 8.73. The lowest BCUT2D eigenvalue weighted by Crippen LogP contribution is -2.07. The Labute approximate surface area is 65.8 Å². The van der Waals surface area contributed by atoms with Crippen LogP contribution in [0, 0.1) is 0 Å². The molecule has 0 aliphatic heterocycles. The van der Waals surface area contributed by atoms with E-state index in [0.29, 0.717) is 11.7 Å². The number of rotatable bonds is 2. The summed E-state index contributed by atoms with van der Waals surface area (Å²) in [6.45, 7) is 0.0206. The first kappa shape index (κ1) is 6.92. The van der Waals surface area contributed by atoms with Crippen molar-refractivity contribution in [3.05, 3.63) is 23.7 Å². The first-order valence-corrected chi connectivity index (χ1v) is 4.09. The molecule has 2 heteroatoms. The van der Waals surface area contributed by atoms with Crippen LogP contribution in [0.5, 0.6) is 0 Å². The minimum Gasteiger partial charge on any atom is -0.463 e. The van der Waals surface area contributed by atoms with Gasteiger partial charge in [-0.2, -0.15) is 0 Å². The second-order valence-corrected chi connectivity index (χ2v) is 3.09. The maximum atomic E-state index is 8.73. The zero-order valence-corrected chi connectivity index (χ0v) is 6.42. The molecule has 1 fully saturated rings. The highest BCUT2D eigenvalue weighted by Gasteiger charge is 2.22. The summed E-state index contributed by atoms with van der Waals surface area (Å²) in [5.74, 6) is 2.38. The van der Waals surface area contributed by atoms with E-state index in [2.05, 4.69) is 0 Å². The van der Waals surface area contributed by atoms with Gasteiger partial charge >= 0.3 is 0 Å². The van der Waals surface area contributed by atoms with Crippen LogP contribution in [0.1, 0.15) is 36.7 Å². The van der Waals surface area contributed by atoms with Crippen molar-refractivity contribution in [2.24, 2.45) is 0 Å². The van der Waals surface area contributed by atoms with Crippen LogP contribution in [0.15, 0.2) is 16.5 Å². The van der Waals surface area contributed by atoms with Crippen molar-refractivity contribution in [3.63, 3.8) is 0 Å². The van der Waals surface area contributed by atoms with Gasteiger partial charge in [-0.05, 0) is 25.0 Å². The third-order valence-electron chi connectivity index (χ3n) is 2.35. The first-order chi connectivity index (χ1) is 5.40. The van der Waals surface area contributed by atoms with E-state index in [9.17, 15) is 0 Å². The number of hydrogen-bond acceptors (Lipinski definition) is 2. The predicted octanol–water partition coefficient (Wildman–Crippen LogP) is 2.04. The van der Waals surface area contributed by atoms with E-state index in [-0.39, 0.29) is 6.61 Å². The van der Waals surface area contributed by atoms with Crippen LogP contribution in [0.4, 0.5) is 0 Å². The molecule has 1 aliphatic rings. The largest absolute Gasteiger partial charge is 0.463 e. The van der Waals surface area contributed by atoms with Crippen LogP contribution in [-0.2, 0) is 6.61 Å². The van der Waals surface area contributed by atoms with E-state index in [0.717, 1.165) is 5.76 Å². The zero-order valence-electron chi connectivity index (χ0n) is 6.42. The number of furan rings is 1. The average molecular weight is 152 g/mol. The number of hydrogen-bond donors (Lipinski definition) is 1. The maximum absolute atomic E-state index is 8.73. The van der Waals surface area contributed by atoms with Crippen molar-refractivity contribution in [1.82, 2.24) is 0 Å². The highest BCUT2D eigenvalue weighted by molar-refractivity contribution is 5.12. The molecule has 11 heavy (non-hydrogen) atoms. The summed E-state index contributed by atoms with van der Waals surface area (Å²) in [6, 6.07) is 3.84. The molecule has 1 aromatic rings. The molecule has 60 valence electrons.